The maximum absolute atomic E-state index is 12.0. The second-order valence-corrected chi connectivity index (χ2v) is 7.03. The molecule has 22 heavy (non-hydrogen) atoms. The average Bonchev–Trinajstić information content (AvgIpc) is 2.46. The zero-order chi connectivity index (χ0) is 15.7. The van der Waals surface area contributed by atoms with Gasteiger partial charge >= 0.3 is 0 Å². The zero-order valence-corrected chi connectivity index (χ0v) is 17.0. The first-order valence-corrected chi connectivity index (χ1v) is 8.87. The van der Waals surface area contributed by atoms with Crippen molar-refractivity contribution in [3.63, 3.8) is 0 Å². The Morgan fingerprint density at radius 1 is 1.23 bits per heavy atom. The number of halogens is 1. The maximum atomic E-state index is 12.0. The van der Waals surface area contributed by atoms with Crippen molar-refractivity contribution in [3.05, 3.63) is 35.9 Å². The van der Waals surface area contributed by atoms with Gasteiger partial charge in [0.15, 0.2) is 5.96 Å². The van der Waals surface area contributed by atoms with E-state index in [9.17, 15) is 4.21 Å². The van der Waals surface area contributed by atoms with Gasteiger partial charge in [0.25, 0.3) is 0 Å². The molecule has 0 saturated carbocycles. The van der Waals surface area contributed by atoms with Crippen LogP contribution in [0.25, 0.3) is 0 Å². The van der Waals surface area contributed by atoms with Crippen LogP contribution in [0.4, 0.5) is 0 Å². The monoisotopic (exact) mass is 437 g/mol. The second-order valence-electron chi connectivity index (χ2n) is 5.45. The molecule has 4 nitrogen and oxygen atoms in total. The molecule has 0 aliphatic rings. The summed E-state index contributed by atoms with van der Waals surface area (Å²) < 4.78 is 12.0. The number of hydrogen-bond acceptors (Lipinski definition) is 2. The summed E-state index contributed by atoms with van der Waals surface area (Å²) in [5.74, 6) is 2.53. The Morgan fingerprint density at radius 3 is 2.41 bits per heavy atom. The van der Waals surface area contributed by atoms with Crippen LogP contribution in [-0.2, 0) is 16.6 Å². The highest BCUT2D eigenvalue weighted by Gasteiger charge is 2.09. The van der Waals surface area contributed by atoms with Crippen LogP contribution >= 0.6 is 24.0 Å². The van der Waals surface area contributed by atoms with Crippen molar-refractivity contribution in [1.29, 1.82) is 0 Å². The Bertz CT molecular complexity index is 466. The van der Waals surface area contributed by atoms with E-state index >= 15 is 0 Å². The van der Waals surface area contributed by atoms with Crippen molar-refractivity contribution in [2.24, 2.45) is 10.9 Å². The summed E-state index contributed by atoms with van der Waals surface area (Å²) in [5, 5.41) is 6.55. The van der Waals surface area contributed by atoms with Gasteiger partial charge in [0.1, 0.15) is 0 Å². The topological polar surface area (TPSA) is 53.5 Å². The lowest BCUT2D eigenvalue weighted by atomic mass is 10.1. The molecule has 6 heteroatoms. The highest BCUT2D eigenvalue weighted by Crippen LogP contribution is 2.02. The fraction of sp³-hybridized carbons (Fsp3) is 0.562. The summed E-state index contributed by atoms with van der Waals surface area (Å²) in [5.41, 5.74) is 1.12. The SMILES string of the molecule is CN=C(NCCS(=O)Cc1ccccc1)NC(C)C(C)C.I. The standard InChI is InChI=1S/C16H27N3OS.HI/c1-13(2)14(3)19-16(17-4)18-10-11-21(20)12-15-8-6-5-7-9-15;/h5-9,13-14H,10-12H2,1-4H3,(H2,17,18,19);1H. The van der Waals surface area contributed by atoms with E-state index in [0.29, 0.717) is 30.0 Å². The van der Waals surface area contributed by atoms with E-state index < -0.39 is 10.8 Å². The zero-order valence-electron chi connectivity index (χ0n) is 13.8. The number of aliphatic imine (C=N–C) groups is 1. The van der Waals surface area contributed by atoms with Gasteiger partial charge in [-0.15, -0.1) is 24.0 Å². The van der Waals surface area contributed by atoms with Gasteiger partial charge in [0, 0.05) is 41.9 Å². The maximum Gasteiger partial charge on any atom is 0.191 e. The molecule has 0 bridgehead atoms. The number of nitrogens with one attached hydrogen (secondary N) is 2. The van der Waals surface area contributed by atoms with E-state index in [-0.39, 0.29) is 24.0 Å². The highest BCUT2D eigenvalue weighted by molar-refractivity contribution is 14.0. The molecule has 1 rings (SSSR count). The Hall–Kier alpha value is -0.630. The van der Waals surface area contributed by atoms with Crippen molar-refractivity contribution in [3.8, 4) is 0 Å². The Kier molecular flexibility index (Phi) is 11.5. The number of hydrogen-bond donors (Lipinski definition) is 2. The highest BCUT2D eigenvalue weighted by atomic mass is 127. The molecule has 0 spiro atoms. The fourth-order valence-corrected chi connectivity index (χ4v) is 2.73. The van der Waals surface area contributed by atoms with E-state index in [1.807, 2.05) is 30.3 Å². The van der Waals surface area contributed by atoms with Crippen LogP contribution in [0.3, 0.4) is 0 Å². The minimum absolute atomic E-state index is 0. The second kappa shape index (κ2) is 11.9. The third-order valence-electron chi connectivity index (χ3n) is 3.38. The van der Waals surface area contributed by atoms with Gasteiger partial charge in [-0.05, 0) is 18.4 Å². The van der Waals surface area contributed by atoms with Gasteiger partial charge < -0.3 is 10.6 Å². The predicted octanol–water partition coefficient (Wildman–Crippen LogP) is 2.76. The molecule has 1 aromatic rings. The first kappa shape index (κ1) is 21.4. The van der Waals surface area contributed by atoms with Crippen LogP contribution in [0, 0.1) is 5.92 Å². The lowest BCUT2D eigenvalue weighted by Gasteiger charge is -2.20. The van der Waals surface area contributed by atoms with E-state index in [0.717, 1.165) is 11.5 Å². The minimum Gasteiger partial charge on any atom is -0.355 e. The lowest BCUT2D eigenvalue weighted by Crippen LogP contribution is -2.45. The first-order chi connectivity index (χ1) is 10.0. The van der Waals surface area contributed by atoms with Crippen molar-refractivity contribution in [2.75, 3.05) is 19.3 Å². The molecule has 0 fully saturated rings. The summed E-state index contributed by atoms with van der Waals surface area (Å²) in [6.07, 6.45) is 0. The molecular formula is C16H28IN3OS. The van der Waals surface area contributed by atoms with Crippen LogP contribution in [-0.4, -0.2) is 35.6 Å². The molecule has 0 aliphatic carbocycles. The number of rotatable bonds is 7. The summed E-state index contributed by atoms with van der Waals surface area (Å²) in [7, 11) is 0.897. The quantitative estimate of drug-likeness (QED) is 0.392. The normalized spacial score (nSPS) is 14.1. The molecule has 0 aromatic heterocycles. The third-order valence-corrected chi connectivity index (χ3v) is 4.70. The molecule has 0 radical (unpaired) electrons. The summed E-state index contributed by atoms with van der Waals surface area (Å²) >= 11 is 0. The van der Waals surface area contributed by atoms with Gasteiger partial charge in [-0.2, -0.15) is 0 Å². The molecule has 0 heterocycles. The third kappa shape index (κ3) is 8.73. The fourth-order valence-electron chi connectivity index (χ4n) is 1.69. The summed E-state index contributed by atoms with van der Waals surface area (Å²) in [6.45, 7) is 7.12. The Balaban J connectivity index is 0.00000441. The van der Waals surface area contributed by atoms with Crippen LogP contribution in [0.2, 0.25) is 0 Å². The number of benzene rings is 1. The van der Waals surface area contributed by atoms with Crippen molar-refractivity contribution in [1.82, 2.24) is 10.6 Å². The molecule has 2 atom stereocenters. The smallest absolute Gasteiger partial charge is 0.191 e. The first-order valence-electron chi connectivity index (χ1n) is 7.39. The van der Waals surface area contributed by atoms with Crippen LogP contribution in [0.1, 0.15) is 26.3 Å². The molecule has 0 saturated heterocycles. The number of nitrogens with zero attached hydrogens (tertiary/aromatic N) is 1. The van der Waals surface area contributed by atoms with Crippen molar-refractivity contribution >= 4 is 40.7 Å². The molecular weight excluding hydrogens is 409 g/mol. The average molecular weight is 437 g/mol. The molecule has 1 aromatic carbocycles. The van der Waals surface area contributed by atoms with E-state index in [1.54, 1.807) is 7.05 Å². The molecule has 0 aliphatic heterocycles. The number of guanidine groups is 1. The van der Waals surface area contributed by atoms with Crippen molar-refractivity contribution in [2.45, 2.75) is 32.6 Å². The van der Waals surface area contributed by atoms with Gasteiger partial charge in [0.05, 0.1) is 0 Å². The van der Waals surface area contributed by atoms with E-state index in [4.69, 9.17) is 0 Å². The van der Waals surface area contributed by atoms with Gasteiger partial charge in [-0.1, -0.05) is 44.2 Å². The van der Waals surface area contributed by atoms with E-state index in [2.05, 4.69) is 36.4 Å². The van der Waals surface area contributed by atoms with Crippen LogP contribution in [0.5, 0.6) is 0 Å². The van der Waals surface area contributed by atoms with Gasteiger partial charge in [0.2, 0.25) is 0 Å². The van der Waals surface area contributed by atoms with Crippen LogP contribution in [0.15, 0.2) is 35.3 Å². The summed E-state index contributed by atoms with van der Waals surface area (Å²) in [6, 6.07) is 10.3. The minimum atomic E-state index is -0.856. The van der Waals surface area contributed by atoms with Gasteiger partial charge in [-0.25, -0.2) is 0 Å². The largest absolute Gasteiger partial charge is 0.355 e. The van der Waals surface area contributed by atoms with Crippen molar-refractivity contribution < 1.29 is 4.21 Å². The molecule has 126 valence electrons. The molecule has 2 unspecified atom stereocenters. The predicted molar refractivity (Wildman–Crippen MR) is 107 cm³/mol. The van der Waals surface area contributed by atoms with Crippen LogP contribution < -0.4 is 10.6 Å². The Morgan fingerprint density at radius 2 is 1.86 bits per heavy atom. The van der Waals surface area contributed by atoms with E-state index in [1.165, 1.54) is 0 Å². The molecule has 2 N–H and O–H groups in total. The summed E-state index contributed by atoms with van der Waals surface area (Å²) in [4.78, 5) is 4.19. The lowest BCUT2D eigenvalue weighted by molar-refractivity contribution is 0.481. The van der Waals surface area contributed by atoms with Gasteiger partial charge in [-0.3, -0.25) is 9.20 Å². The molecule has 0 amide bonds. The Labute approximate surface area is 154 Å².